The maximum Gasteiger partial charge on any atom is 0.227 e. The van der Waals surface area contributed by atoms with Crippen molar-refractivity contribution in [2.24, 2.45) is 29.0 Å². The van der Waals surface area contributed by atoms with Crippen molar-refractivity contribution in [3.63, 3.8) is 0 Å². The SMILES string of the molecule is Cc1nc(-c2ccc(OC3CCCCC3)cc2)nc(C)c1C(=O)C[C@@H](CC(N)=O)C(=O)N(C)[C@@H]1C(=O)C[C@@H](C)C(=O)N[C@H](C(=O)CCC#N)Cc2ccc(OCCN)c(c2)-c2cc1ccc2OCCN. The Hall–Kier alpha value is -7.03. The molecular formula is C53H64N8O9. The molecule has 4 aromatic rings. The fourth-order valence-electron chi connectivity index (χ4n) is 9.25. The van der Waals surface area contributed by atoms with E-state index in [1.807, 2.05) is 30.3 Å². The summed E-state index contributed by atoms with van der Waals surface area (Å²) in [6.45, 7) is 5.55. The number of nitrogens with two attached hydrogens (primary N) is 3. The van der Waals surface area contributed by atoms with E-state index in [1.165, 1.54) is 18.4 Å². The molecule has 1 aliphatic carbocycles. The molecule has 17 nitrogen and oxygen atoms in total. The number of ether oxygens (including phenoxy) is 3. The summed E-state index contributed by atoms with van der Waals surface area (Å²) in [4.78, 5) is 94.5. The molecule has 4 bridgehead atoms. The number of primary amides is 1. The Balaban J connectivity index is 1.36. The Morgan fingerprint density at radius 1 is 0.857 bits per heavy atom. The summed E-state index contributed by atoms with van der Waals surface area (Å²) >= 11 is 0. The fourth-order valence-corrected chi connectivity index (χ4v) is 9.25. The molecule has 2 aliphatic rings. The summed E-state index contributed by atoms with van der Waals surface area (Å²) in [6.07, 6.45) is 4.33. The van der Waals surface area contributed by atoms with Crippen LogP contribution in [-0.4, -0.2) is 95.4 Å². The van der Waals surface area contributed by atoms with Crippen LogP contribution in [-0.2, 0) is 30.4 Å². The monoisotopic (exact) mass is 956 g/mol. The van der Waals surface area contributed by atoms with Crippen molar-refractivity contribution in [3.8, 4) is 45.8 Å². The molecule has 0 unspecified atom stereocenters. The van der Waals surface area contributed by atoms with Gasteiger partial charge in [-0.25, -0.2) is 9.97 Å². The van der Waals surface area contributed by atoms with E-state index >= 15 is 0 Å². The van der Waals surface area contributed by atoms with Crippen LogP contribution in [0, 0.1) is 37.0 Å². The van der Waals surface area contributed by atoms with E-state index in [0.29, 0.717) is 51.0 Å². The lowest BCUT2D eigenvalue weighted by Crippen LogP contribution is -2.46. The number of nitrogens with zero attached hydrogens (tertiary/aromatic N) is 4. The van der Waals surface area contributed by atoms with Gasteiger partial charge in [0.1, 0.15) is 36.5 Å². The first-order valence-electron chi connectivity index (χ1n) is 24.0. The van der Waals surface area contributed by atoms with Gasteiger partial charge in [0, 0.05) is 74.8 Å². The second-order valence-corrected chi connectivity index (χ2v) is 18.2. The Bertz CT molecular complexity index is 2580. The second-order valence-electron chi connectivity index (χ2n) is 18.2. The maximum absolute atomic E-state index is 14.9. The normalized spacial score (nSPS) is 17.8. The van der Waals surface area contributed by atoms with Crippen LogP contribution in [0.1, 0.15) is 110 Å². The number of ketones is 3. The molecule has 0 saturated heterocycles. The number of fused-ring (bicyclic) bond motifs is 5. The molecule has 1 fully saturated rings. The Morgan fingerprint density at radius 3 is 2.10 bits per heavy atom. The van der Waals surface area contributed by atoms with Crippen LogP contribution in [0.25, 0.3) is 22.5 Å². The van der Waals surface area contributed by atoms with Gasteiger partial charge in [-0.05, 0) is 106 Å². The summed E-state index contributed by atoms with van der Waals surface area (Å²) in [5, 5.41) is 12.1. The number of aryl methyl sites for hydroxylation is 2. The van der Waals surface area contributed by atoms with Crippen LogP contribution in [0.3, 0.4) is 0 Å². The van der Waals surface area contributed by atoms with Crippen LogP contribution in [0.15, 0.2) is 60.7 Å². The van der Waals surface area contributed by atoms with Crippen LogP contribution in [0.5, 0.6) is 17.2 Å². The average molecular weight is 957 g/mol. The third kappa shape index (κ3) is 13.2. The number of nitriles is 1. The quantitative estimate of drug-likeness (QED) is 0.0835. The van der Waals surface area contributed by atoms with Crippen LogP contribution >= 0.6 is 0 Å². The number of benzene rings is 3. The molecule has 70 heavy (non-hydrogen) atoms. The first-order valence-corrected chi connectivity index (χ1v) is 24.0. The Labute approximate surface area is 408 Å². The molecule has 2 heterocycles. The number of amides is 3. The van der Waals surface area contributed by atoms with Gasteiger partial charge in [0.15, 0.2) is 23.2 Å². The number of Topliss-reactive ketones (excluding diaryl/α,β-unsaturated/α-hetero) is 3. The van der Waals surface area contributed by atoms with Gasteiger partial charge in [0.25, 0.3) is 0 Å². The second kappa shape index (κ2) is 24.5. The van der Waals surface area contributed by atoms with Gasteiger partial charge in [-0.1, -0.05) is 25.5 Å². The van der Waals surface area contributed by atoms with Crippen molar-refractivity contribution < 1.29 is 43.0 Å². The van der Waals surface area contributed by atoms with Gasteiger partial charge in [0.05, 0.1) is 41.1 Å². The molecular weight excluding hydrogens is 893 g/mol. The Kier molecular flexibility index (Phi) is 18.3. The highest BCUT2D eigenvalue weighted by Crippen LogP contribution is 2.41. The predicted molar refractivity (Wildman–Crippen MR) is 261 cm³/mol. The lowest BCUT2D eigenvalue weighted by molar-refractivity contribution is -0.143. The predicted octanol–water partition coefficient (Wildman–Crippen LogP) is 5.59. The van der Waals surface area contributed by atoms with Crippen molar-refractivity contribution in [3.05, 3.63) is 88.7 Å². The number of carbonyl (C=O) groups is 6. The molecule has 4 atom stereocenters. The minimum atomic E-state index is -1.37. The Morgan fingerprint density at radius 2 is 1.49 bits per heavy atom. The number of rotatable bonds is 19. The lowest BCUT2D eigenvalue weighted by Gasteiger charge is -2.32. The van der Waals surface area contributed by atoms with Crippen LogP contribution < -0.4 is 36.7 Å². The molecule has 3 amide bonds. The summed E-state index contributed by atoms with van der Waals surface area (Å²) in [6, 6.07) is 17.3. The van der Waals surface area contributed by atoms with Gasteiger partial charge in [-0.3, -0.25) is 28.8 Å². The molecule has 1 aliphatic heterocycles. The van der Waals surface area contributed by atoms with E-state index < -0.39 is 66.0 Å². The molecule has 3 aromatic carbocycles. The maximum atomic E-state index is 14.9. The van der Waals surface area contributed by atoms with Gasteiger partial charge >= 0.3 is 0 Å². The van der Waals surface area contributed by atoms with Crippen molar-refractivity contribution in [1.82, 2.24) is 20.2 Å². The number of aromatic nitrogens is 2. The fraction of sp³-hybridized carbons (Fsp3) is 0.453. The van der Waals surface area contributed by atoms with E-state index in [9.17, 15) is 34.0 Å². The van der Waals surface area contributed by atoms with Crippen molar-refractivity contribution in [2.75, 3.05) is 33.4 Å². The molecule has 17 heteroatoms. The van der Waals surface area contributed by atoms with Gasteiger partial charge < -0.3 is 41.6 Å². The zero-order chi connectivity index (χ0) is 50.5. The van der Waals surface area contributed by atoms with Crippen molar-refractivity contribution in [1.29, 1.82) is 5.26 Å². The number of nitrogens with one attached hydrogen (secondary N) is 1. The summed E-state index contributed by atoms with van der Waals surface area (Å²) in [5.74, 6) is -3.93. The first kappa shape index (κ1) is 52.3. The summed E-state index contributed by atoms with van der Waals surface area (Å²) < 4.78 is 18.4. The largest absolute Gasteiger partial charge is 0.492 e. The summed E-state index contributed by atoms with van der Waals surface area (Å²) in [5.41, 5.74) is 21.0. The number of hydrogen-bond donors (Lipinski definition) is 4. The van der Waals surface area contributed by atoms with Gasteiger partial charge in [0.2, 0.25) is 17.7 Å². The van der Waals surface area contributed by atoms with E-state index in [4.69, 9.17) is 31.4 Å². The lowest BCUT2D eigenvalue weighted by atomic mass is 9.88. The number of carbonyl (C=O) groups excluding carboxylic acids is 6. The van der Waals surface area contributed by atoms with Crippen LogP contribution in [0.2, 0.25) is 0 Å². The molecule has 370 valence electrons. The zero-order valence-electron chi connectivity index (χ0n) is 40.5. The van der Waals surface area contributed by atoms with Crippen molar-refractivity contribution >= 4 is 35.1 Å². The van der Waals surface area contributed by atoms with Crippen molar-refractivity contribution in [2.45, 2.75) is 110 Å². The number of likely N-dealkylation sites (N-methyl/N-ethyl adjacent to an activating group) is 1. The zero-order valence-corrected chi connectivity index (χ0v) is 40.5. The topological polar surface area (TPSA) is 273 Å². The third-order valence-corrected chi connectivity index (χ3v) is 12.8. The third-order valence-electron chi connectivity index (χ3n) is 12.8. The van der Waals surface area contributed by atoms with E-state index in [1.54, 1.807) is 57.2 Å². The molecule has 1 aromatic heterocycles. The highest BCUT2D eigenvalue weighted by atomic mass is 16.5. The smallest absolute Gasteiger partial charge is 0.227 e. The molecule has 6 rings (SSSR count). The first-order chi connectivity index (χ1) is 33.6. The number of hydrogen-bond acceptors (Lipinski definition) is 14. The van der Waals surface area contributed by atoms with Gasteiger partial charge in [-0.15, -0.1) is 0 Å². The molecule has 7 N–H and O–H groups in total. The van der Waals surface area contributed by atoms with E-state index in [-0.39, 0.29) is 69.4 Å². The molecule has 0 spiro atoms. The summed E-state index contributed by atoms with van der Waals surface area (Å²) in [7, 11) is 1.40. The van der Waals surface area contributed by atoms with Crippen LogP contribution in [0.4, 0.5) is 0 Å². The average Bonchev–Trinajstić information content (AvgIpc) is 3.33. The minimum absolute atomic E-state index is 0.0552. The molecule has 1 saturated carbocycles. The van der Waals surface area contributed by atoms with Gasteiger partial charge in [-0.2, -0.15) is 5.26 Å². The minimum Gasteiger partial charge on any atom is -0.492 e. The van der Waals surface area contributed by atoms with E-state index in [0.717, 1.165) is 37.0 Å². The highest BCUT2D eigenvalue weighted by molar-refractivity contribution is 6.02. The highest BCUT2D eigenvalue weighted by Gasteiger charge is 2.37. The molecule has 0 radical (unpaired) electrons. The van der Waals surface area contributed by atoms with E-state index in [2.05, 4.69) is 15.3 Å². The standard InChI is InChI=1S/C53H64N8O9/c1-31-25-45(64)50(36-15-19-47(69-24-22-56)41(28-36)40-26-34(12-18-46(40)68-23-21-55)27-42(60-52(31)66)43(62)11-8-20-54)61(4)53(67)37(30-48(57)65)29-44(63)49-32(2)58-51(59-33(49)3)35-13-16-39(17-14-35)70-38-9-6-5-7-10-38/h12-19,26,28,31,37-38,42,50H,5-11,21-25,27,29-30,55-56H2,1-4H3,(H2,57,65)(H,60,66)/t31-,37+,42+,50+/m1/s1.